The number of halogens is 3. The number of hydrogen-bond donors (Lipinski definition) is 0. The van der Waals surface area contributed by atoms with Crippen molar-refractivity contribution in [1.29, 1.82) is 0 Å². The van der Waals surface area contributed by atoms with Crippen molar-refractivity contribution in [3.63, 3.8) is 0 Å². The van der Waals surface area contributed by atoms with Crippen molar-refractivity contribution in [1.82, 2.24) is 0 Å². The normalized spacial score (nSPS) is 18.0. The number of benzene rings is 3. The third-order valence-corrected chi connectivity index (χ3v) is 6.22. The highest BCUT2D eigenvalue weighted by Crippen LogP contribution is 2.33. The molecule has 1 aliphatic heterocycles. The Morgan fingerprint density at radius 1 is 0.861 bits per heavy atom. The highest BCUT2D eigenvalue weighted by Gasteiger charge is 2.24. The van der Waals surface area contributed by atoms with Crippen molar-refractivity contribution in [3.8, 4) is 28.0 Å². The Labute approximate surface area is 210 Å². The largest absolute Gasteiger partial charge is 0.490 e. The number of hydrogen-bond acceptors (Lipinski definition) is 3. The summed E-state index contributed by atoms with van der Waals surface area (Å²) < 4.78 is 61.0. The van der Waals surface area contributed by atoms with Crippen molar-refractivity contribution < 1.29 is 27.4 Å². The zero-order chi connectivity index (χ0) is 25.5. The molecule has 1 fully saturated rings. The molecule has 190 valence electrons. The molecule has 0 N–H and O–H groups in total. The molecule has 3 nitrogen and oxygen atoms in total. The van der Waals surface area contributed by atoms with Crippen molar-refractivity contribution in [2.24, 2.45) is 5.92 Å². The van der Waals surface area contributed by atoms with Gasteiger partial charge in [0.2, 0.25) is 5.82 Å². The van der Waals surface area contributed by atoms with Gasteiger partial charge in [0.1, 0.15) is 5.82 Å². The van der Waals surface area contributed by atoms with Gasteiger partial charge in [-0.25, -0.2) is 8.78 Å². The molecule has 0 aromatic heterocycles. The lowest BCUT2D eigenvalue weighted by molar-refractivity contribution is -0.198. The maximum atomic E-state index is 14.9. The van der Waals surface area contributed by atoms with Crippen LogP contribution in [0.4, 0.5) is 13.2 Å². The molecule has 0 unspecified atom stereocenters. The van der Waals surface area contributed by atoms with Gasteiger partial charge in [0.15, 0.2) is 17.9 Å². The molecule has 36 heavy (non-hydrogen) atoms. The topological polar surface area (TPSA) is 27.7 Å². The van der Waals surface area contributed by atoms with Gasteiger partial charge in [-0.05, 0) is 48.2 Å². The lowest BCUT2D eigenvalue weighted by atomic mass is 9.98. The molecule has 6 heteroatoms. The minimum Gasteiger partial charge on any atom is -0.490 e. The molecule has 3 aromatic carbocycles. The van der Waals surface area contributed by atoms with E-state index in [2.05, 4.69) is 6.92 Å². The predicted molar refractivity (Wildman–Crippen MR) is 135 cm³/mol. The summed E-state index contributed by atoms with van der Waals surface area (Å²) in [7, 11) is 0. The molecule has 4 rings (SSSR count). The summed E-state index contributed by atoms with van der Waals surface area (Å²) in [6.07, 6.45) is 6.01. The van der Waals surface area contributed by atoms with E-state index < -0.39 is 23.7 Å². The van der Waals surface area contributed by atoms with Crippen molar-refractivity contribution in [2.45, 2.75) is 39.4 Å². The number of unbranched alkanes of at least 4 members (excludes halogenated alkanes) is 2. The molecule has 0 amide bonds. The molecular formula is C30H31F3O3. The summed E-state index contributed by atoms with van der Waals surface area (Å²) >= 11 is 0. The quantitative estimate of drug-likeness (QED) is 0.221. The van der Waals surface area contributed by atoms with Crippen LogP contribution in [0.3, 0.4) is 0 Å². The van der Waals surface area contributed by atoms with Crippen molar-refractivity contribution in [2.75, 3.05) is 19.8 Å². The van der Waals surface area contributed by atoms with E-state index in [0.717, 1.165) is 24.8 Å². The summed E-state index contributed by atoms with van der Waals surface area (Å²) in [6.45, 7) is 5.30. The first-order valence-corrected chi connectivity index (χ1v) is 12.4. The SMILES string of the molecule is CC=CC1COC(c2ccc(-c3ccc(-c4ccc(OCCCCC)c(F)c4F)cc3)cc2F)OC1. The summed E-state index contributed by atoms with van der Waals surface area (Å²) in [5.74, 6) is -2.28. The van der Waals surface area contributed by atoms with Crippen LogP contribution in [0.2, 0.25) is 0 Å². The highest BCUT2D eigenvalue weighted by molar-refractivity contribution is 5.71. The predicted octanol–water partition coefficient (Wildman–Crippen LogP) is 8.24. The molecule has 0 saturated carbocycles. The van der Waals surface area contributed by atoms with Crippen LogP contribution in [-0.4, -0.2) is 19.8 Å². The third kappa shape index (κ3) is 6.00. The van der Waals surface area contributed by atoms with Gasteiger partial charge in [-0.1, -0.05) is 68.3 Å². The van der Waals surface area contributed by atoms with Crippen LogP contribution < -0.4 is 4.74 Å². The second kappa shape index (κ2) is 12.2. The minimum atomic E-state index is -0.991. The molecular weight excluding hydrogens is 465 g/mol. The van der Waals surface area contributed by atoms with E-state index in [0.29, 0.717) is 36.5 Å². The van der Waals surface area contributed by atoms with Crippen LogP contribution in [-0.2, 0) is 9.47 Å². The Morgan fingerprint density at radius 2 is 1.56 bits per heavy atom. The molecule has 1 aliphatic rings. The second-order valence-corrected chi connectivity index (χ2v) is 8.89. The second-order valence-electron chi connectivity index (χ2n) is 8.89. The summed E-state index contributed by atoms with van der Waals surface area (Å²) in [5, 5.41) is 0. The lowest BCUT2D eigenvalue weighted by Gasteiger charge is -2.28. The van der Waals surface area contributed by atoms with Crippen molar-refractivity contribution >= 4 is 0 Å². The summed E-state index contributed by atoms with van der Waals surface area (Å²) in [6, 6.07) is 14.7. The molecule has 0 aliphatic carbocycles. The van der Waals surface area contributed by atoms with E-state index in [1.807, 2.05) is 19.1 Å². The van der Waals surface area contributed by atoms with Gasteiger partial charge in [0.25, 0.3) is 0 Å². The molecule has 0 spiro atoms. The van der Waals surface area contributed by atoms with Crippen LogP contribution in [0.5, 0.6) is 5.75 Å². The van der Waals surface area contributed by atoms with E-state index in [1.165, 1.54) is 18.2 Å². The molecule has 0 bridgehead atoms. The number of allylic oxidation sites excluding steroid dienone is 1. The maximum absolute atomic E-state index is 14.9. The monoisotopic (exact) mass is 496 g/mol. The van der Waals surface area contributed by atoms with E-state index >= 15 is 0 Å². The highest BCUT2D eigenvalue weighted by atomic mass is 19.2. The van der Waals surface area contributed by atoms with E-state index in [-0.39, 0.29) is 17.2 Å². The zero-order valence-corrected chi connectivity index (χ0v) is 20.6. The fraction of sp³-hybridized carbons (Fsp3) is 0.333. The smallest absolute Gasteiger partial charge is 0.201 e. The Hall–Kier alpha value is -3.09. The maximum Gasteiger partial charge on any atom is 0.201 e. The van der Waals surface area contributed by atoms with Gasteiger partial charge in [0, 0.05) is 17.0 Å². The first-order valence-electron chi connectivity index (χ1n) is 12.4. The van der Waals surface area contributed by atoms with Gasteiger partial charge in [-0.15, -0.1) is 0 Å². The van der Waals surface area contributed by atoms with Crippen LogP contribution in [0, 0.1) is 23.4 Å². The first kappa shape index (κ1) is 26.0. The van der Waals surface area contributed by atoms with Crippen LogP contribution >= 0.6 is 0 Å². The summed E-state index contributed by atoms with van der Waals surface area (Å²) in [5.41, 5.74) is 2.42. The molecule has 1 saturated heterocycles. The average molecular weight is 497 g/mol. The number of rotatable bonds is 9. The van der Waals surface area contributed by atoms with Gasteiger partial charge >= 0.3 is 0 Å². The van der Waals surface area contributed by atoms with Gasteiger partial charge in [0.05, 0.1) is 19.8 Å². The zero-order valence-electron chi connectivity index (χ0n) is 20.6. The van der Waals surface area contributed by atoms with Gasteiger partial charge in [-0.3, -0.25) is 0 Å². The Bertz CT molecular complexity index is 1180. The third-order valence-electron chi connectivity index (χ3n) is 6.22. The van der Waals surface area contributed by atoms with E-state index in [1.54, 1.807) is 36.4 Å². The minimum absolute atomic E-state index is 0.0807. The van der Waals surface area contributed by atoms with Crippen molar-refractivity contribution in [3.05, 3.63) is 89.8 Å². The standard InChI is InChI=1S/C30H31F3O3/c1-3-5-6-16-34-27-15-14-24(28(32)29(27)33)22-10-8-21(9-11-22)23-12-13-25(26(31)17-23)30-35-18-20(7-4-2)19-36-30/h4,7-15,17,20,30H,3,5-6,16,18-19H2,1-2H3. The van der Waals surface area contributed by atoms with E-state index in [4.69, 9.17) is 14.2 Å². The molecule has 0 atom stereocenters. The van der Waals surface area contributed by atoms with Gasteiger partial charge < -0.3 is 14.2 Å². The number of ether oxygens (including phenoxy) is 3. The fourth-order valence-corrected chi connectivity index (χ4v) is 4.22. The van der Waals surface area contributed by atoms with Crippen LogP contribution in [0.15, 0.2) is 66.7 Å². The van der Waals surface area contributed by atoms with E-state index in [9.17, 15) is 13.2 Å². The Morgan fingerprint density at radius 3 is 2.22 bits per heavy atom. The average Bonchev–Trinajstić information content (AvgIpc) is 2.90. The molecule has 0 radical (unpaired) electrons. The Balaban J connectivity index is 1.46. The first-order chi connectivity index (χ1) is 17.5. The summed E-state index contributed by atoms with van der Waals surface area (Å²) in [4.78, 5) is 0. The molecule has 1 heterocycles. The lowest BCUT2D eigenvalue weighted by Crippen LogP contribution is -2.26. The van der Waals surface area contributed by atoms with Crippen LogP contribution in [0.25, 0.3) is 22.3 Å². The Kier molecular flexibility index (Phi) is 8.83. The fourth-order valence-electron chi connectivity index (χ4n) is 4.22. The van der Waals surface area contributed by atoms with Crippen LogP contribution in [0.1, 0.15) is 45.0 Å². The molecule has 3 aromatic rings. The van der Waals surface area contributed by atoms with Gasteiger partial charge in [-0.2, -0.15) is 4.39 Å².